The summed E-state index contributed by atoms with van der Waals surface area (Å²) in [4.78, 5) is 0. The van der Waals surface area contributed by atoms with Gasteiger partial charge in [-0.25, -0.2) is 12.8 Å². The van der Waals surface area contributed by atoms with Gasteiger partial charge in [0.1, 0.15) is 0 Å². The fraction of sp³-hybridized carbons (Fsp3) is 0.500. The molecular formula is C4H8Cl2Hf. The van der Waals surface area contributed by atoms with Gasteiger partial charge in [-0.05, 0) is 0 Å². The molecule has 0 N–H and O–H groups in total. The van der Waals surface area contributed by atoms with Crippen LogP contribution in [-0.4, -0.2) is 0 Å². The number of unbranched alkanes of at least 4 members (excludes halogenated alkanes) is 1. The largest absolute Gasteiger partial charge is 4.00 e. The molecule has 0 atom stereocenters. The van der Waals surface area contributed by atoms with Crippen LogP contribution in [0.15, 0.2) is 0 Å². The van der Waals surface area contributed by atoms with Crippen molar-refractivity contribution < 1.29 is 50.7 Å². The molecule has 3 heteroatoms. The molecular weight excluding hydrogens is 297 g/mol. The molecule has 0 unspecified atom stereocenters. The molecule has 42 valence electrons. The van der Waals surface area contributed by atoms with E-state index in [1.807, 2.05) is 0 Å². The third-order valence-corrected chi connectivity index (χ3v) is 0.250. The molecule has 0 spiro atoms. The van der Waals surface area contributed by atoms with Crippen LogP contribution in [0.2, 0.25) is 0 Å². The molecule has 0 fully saturated rings. The van der Waals surface area contributed by atoms with E-state index in [0.29, 0.717) is 0 Å². The van der Waals surface area contributed by atoms with E-state index in [2.05, 4.69) is 13.8 Å². The van der Waals surface area contributed by atoms with Crippen LogP contribution in [0.4, 0.5) is 0 Å². The van der Waals surface area contributed by atoms with Crippen LogP contribution in [0.5, 0.6) is 0 Å². The summed E-state index contributed by atoms with van der Waals surface area (Å²) in [5.41, 5.74) is 0. The van der Waals surface area contributed by atoms with Crippen LogP contribution in [-0.2, 0) is 25.8 Å². The maximum atomic E-state index is 3.54. The van der Waals surface area contributed by atoms with Gasteiger partial charge in [0.15, 0.2) is 0 Å². The summed E-state index contributed by atoms with van der Waals surface area (Å²) in [6.45, 7) is 7.08. The number of halogens is 2. The van der Waals surface area contributed by atoms with E-state index in [-0.39, 0.29) is 50.7 Å². The molecule has 0 saturated heterocycles. The van der Waals surface area contributed by atoms with Gasteiger partial charge in [0.2, 0.25) is 0 Å². The maximum Gasteiger partial charge on any atom is 4.00 e. The van der Waals surface area contributed by atoms with Crippen molar-refractivity contribution >= 4 is 0 Å². The van der Waals surface area contributed by atoms with Crippen molar-refractivity contribution in [2.75, 3.05) is 0 Å². The Morgan fingerprint density at radius 2 is 1.00 bits per heavy atom. The van der Waals surface area contributed by atoms with E-state index >= 15 is 0 Å². The van der Waals surface area contributed by atoms with Gasteiger partial charge < -0.3 is 38.7 Å². The van der Waals surface area contributed by atoms with Crippen LogP contribution in [0.1, 0.15) is 12.8 Å². The summed E-state index contributed by atoms with van der Waals surface area (Å²) in [5.74, 6) is 0. The number of rotatable bonds is 1. The van der Waals surface area contributed by atoms with Gasteiger partial charge in [-0.2, -0.15) is 0 Å². The zero-order chi connectivity index (χ0) is 3.41. The molecule has 0 amide bonds. The molecule has 0 aromatic carbocycles. The van der Waals surface area contributed by atoms with E-state index < -0.39 is 0 Å². The first-order valence-corrected chi connectivity index (χ1v) is 1.50. The Labute approximate surface area is 77.0 Å². The molecule has 0 aliphatic heterocycles. The van der Waals surface area contributed by atoms with Gasteiger partial charge in [-0.3, -0.25) is 0 Å². The van der Waals surface area contributed by atoms with Crippen molar-refractivity contribution in [2.45, 2.75) is 12.8 Å². The normalized spacial score (nSPS) is 4.29. The summed E-state index contributed by atoms with van der Waals surface area (Å²) in [6, 6.07) is 0. The Morgan fingerprint density at radius 3 is 1.00 bits per heavy atom. The van der Waals surface area contributed by atoms with Crippen LogP contribution in [0.3, 0.4) is 0 Å². The Bertz CT molecular complexity index is 11.7. The molecule has 0 heterocycles. The fourth-order valence-corrected chi connectivity index (χ4v) is 0. The Kier molecular flexibility index (Phi) is 88.1. The second-order valence-electron chi connectivity index (χ2n) is 0.707. The first-order chi connectivity index (χ1) is 1.91. The predicted molar refractivity (Wildman–Crippen MR) is 19.9 cm³/mol. The third kappa shape index (κ3) is 36.9. The van der Waals surface area contributed by atoms with E-state index in [1.54, 1.807) is 0 Å². The van der Waals surface area contributed by atoms with Gasteiger partial charge >= 0.3 is 25.8 Å². The molecule has 0 radical (unpaired) electrons. The summed E-state index contributed by atoms with van der Waals surface area (Å²) in [6.07, 6.45) is 1.92. The third-order valence-electron chi connectivity index (χ3n) is 0.250. The molecule has 0 nitrogen and oxygen atoms in total. The Hall–Kier alpha value is 1.45. The van der Waals surface area contributed by atoms with Crippen LogP contribution in [0.25, 0.3) is 0 Å². The van der Waals surface area contributed by atoms with Crippen LogP contribution < -0.4 is 24.8 Å². The average molecular weight is 306 g/mol. The van der Waals surface area contributed by atoms with Gasteiger partial charge in [-0.1, -0.05) is 0 Å². The minimum absolute atomic E-state index is 0. The van der Waals surface area contributed by atoms with Gasteiger partial charge in [0.05, 0.1) is 0 Å². The smallest absolute Gasteiger partial charge is 1.00 e. The van der Waals surface area contributed by atoms with E-state index in [4.69, 9.17) is 0 Å². The zero-order valence-electron chi connectivity index (χ0n) is 4.08. The second-order valence-corrected chi connectivity index (χ2v) is 0.707. The van der Waals surface area contributed by atoms with Crippen molar-refractivity contribution in [3.05, 3.63) is 13.8 Å². The number of hydrogen-bond acceptors (Lipinski definition) is 0. The van der Waals surface area contributed by atoms with E-state index in [1.165, 1.54) is 0 Å². The summed E-state index contributed by atoms with van der Waals surface area (Å²) < 4.78 is 0. The van der Waals surface area contributed by atoms with Crippen molar-refractivity contribution in [3.8, 4) is 0 Å². The first kappa shape index (κ1) is 23.7. The minimum atomic E-state index is 0. The van der Waals surface area contributed by atoms with Gasteiger partial charge in [0, 0.05) is 0 Å². The van der Waals surface area contributed by atoms with Crippen molar-refractivity contribution in [1.29, 1.82) is 0 Å². The molecule has 0 aliphatic carbocycles. The van der Waals surface area contributed by atoms with Crippen molar-refractivity contribution in [2.24, 2.45) is 0 Å². The van der Waals surface area contributed by atoms with Crippen LogP contribution >= 0.6 is 0 Å². The Balaban J connectivity index is -0.0000000150. The minimum Gasteiger partial charge on any atom is -1.00 e. The van der Waals surface area contributed by atoms with Crippen molar-refractivity contribution in [3.63, 3.8) is 0 Å². The maximum absolute atomic E-state index is 3.54. The summed E-state index contributed by atoms with van der Waals surface area (Å²) in [7, 11) is 0. The van der Waals surface area contributed by atoms with E-state index in [0.717, 1.165) is 12.8 Å². The molecule has 0 saturated carbocycles. The first-order valence-electron chi connectivity index (χ1n) is 1.50. The molecule has 0 aliphatic rings. The van der Waals surface area contributed by atoms with Crippen LogP contribution in [0, 0.1) is 13.8 Å². The molecule has 0 aromatic heterocycles. The van der Waals surface area contributed by atoms with Gasteiger partial charge in [-0.15, -0.1) is 0 Å². The quantitative estimate of drug-likeness (QED) is 0.338. The SMILES string of the molecule is [CH2-]CC[CH2-].[Cl-].[Cl-].[Hf+4]. The van der Waals surface area contributed by atoms with Crippen molar-refractivity contribution in [1.82, 2.24) is 0 Å². The fourth-order valence-electron chi connectivity index (χ4n) is 0. The summed E-state index contributed by atoms with van der Waals surface area (Å²) in [5, 5.41) is 0. The average Bonchev–Trinajstić information content (AvgIpc) is 1.37. The molecule has 7 heavy (non-hydrogen) atoms. The monoisotopic (exact) mass is 306 g/mol. The van der Waals surface area contributed by atoms with Gasteiger partial charge in [0.25, 0.3) is 0 Å². The molecule has 0 bridgehead atoms. The standard InChI is InChI=1S/C4H8.2ClH.Hf/c1-3-4-2;;;/h1-4H2;2*1H;/q-2;;;+4/p-2. The summed E-state index contributed by atoms with van der Waals surface area (Å²) >= 11 is 0. The van der Waals surface area contributed by atoms with E-state index in [9.17, 15) is 0 Å². The second kappa shape index (κ2) is 26.0. The number of hydrogen-bond donors (Lipinski definition) is 0. The molecule has 0 rings (SSSR count). The zero-order valence-corrected chi connectivity index (χ0v) is 9.19. The topological polar surface area (TPSA) is 0 Å². The Morgan fingerprint density at radius 1 is 0.857 bits per heavy atom. The molecule has 0 aromatic rings. The predicted octanol–water partition coefficient (Wildman–Crippen LogP) is -4.56.